The number of hydrogen-bond donors (Lipinski definition) is 4. The van der Waals surface area contributed by atoms with Gasteiger partial charge in [-0.2, -0.15) is 5.10 Å². The van der Waals surface area contributed by atoms with Crippen molar-refractivity contribution in [1.29, 1.82) is 0 Å². The number of aliphatic hydroxyl groups is 1. The lowest BCUT2D eigenvalue weighted by Gasteiger charge is -2.37. The topological polar surface area (TPSA) is 106 Å². The van der Waals surface area contributed by atoms with Gasteiger partial charge in [-0.15, -0.1) is 0 Å². The molecule has 3 aromatic rings. The number of nitrogens with zero attached hydrogens (tertiary/aromatic N) is 3. The van der Waals surface area contributed by atoms with E-state index >= 15 is 0 Å². The third kappa shape index (κ3) is 7.16. The van der Waals surface area contributed by atoms with E-state index < -0.39 is 5.60 Å². The molecule has 232 valence electrons. The van der Waals surface area contributed by atoms with Crippen molar-refractivity contribution in [2.45, 2.75) is 77.5 Å². The minimum atomic E-state index is -0.623. The highest BCUT2D eigenvalue weighted by Crippen LogP contribution is 2.32. The lowest BCUT2D eigenvalue weighted by atomic mass is 9.83. The van der Waals surface area contributed by atoms with Crippen molar-refractivity contribution in [3.05, 3.63) is 47.5 Å². The molecule has 1 amide bonds. The number of H-pyrrole nitrogens is 1. The van der Waals surface area contributed by atoms with Crippen LogP contribution < -0.4 is 15.5 Å². The number of benzene rings is 2. The predicted molar refractivity (Wildman–Crippen MR) is 173 cm³/mol. The summed E-state index contributed by atoms with van der Waals surface area (Å²) in [6.45, 7) is 12.5. The molecule has 4 heterocycles. The summed E-state index contributed by atoms with van der Waals surface area (Å²) in [7, 11) is 0. The second-order valence-electron chi connectivity index (χ2n) is 13.5. The molecule has 1 aromatic heterocycles. The van der Waals surface area contributed by atoms with Gasteiger partial charge in [0.05, 0.1) is 16.7 Å². The zero-order chi connectivity index (χ0) is 30.0. The molecule has 0 bridgehead atoms. The molecule has 0 aliphatic carbocycles. The van der Waals surface area contributed by atoms with Crippen LogP contribution in [0.2, 0.25) is 0 Å². The molecule has 3 saturated heterocycles. The van der Waals surface area contributed by atoms with E-state index in [1.54, 1.807) is 0 Å². The highest BCUT2D eigenvalue weighted by Gasteiger charge is 2.30. The number of aromatic amines is 1. The lowest BCUT2D eigenvalue weighted by molar-refractivity contribution is -0.0136. The van der Waals surface area contributed by atoms with Crippen molar-refractivity contribution in [3.63, 3.8) is 0 Å². The Labute approximate surface area is 255 Å². The normalized spacial score (nSPS) is 20.0. The van der Waals surface area contributed by atoms with E-state index in [2.05, 4.69) is 61.8 Å². The highest BCUT2D eigenvalue weighted by molar-refractivity contribution is 6.11. The number of nitrogens with one attached hydrogen (secondary N) is 3. The lowest BCUT2D eigenvalue weighted by Crippen LogP contribution is -2.41. The van der Waals surface area contributed by atoms with E-state index in [1.807, 2.05) is 26.0 Å². The molecule has 9 heteroatoms. The van der Waals surface area contributed by atoms with Gasteiger partial charge < -0.3 is 25.4 Å². The van der Waals surface area contributed by atoms with Crippen LogP contribution in [0.25, 0.3) is 10.9 Å². The molecule has 9 nitrogen and oxygen atoms in total. The van der Waals surface area contributed by atoms with Crippen LogP contribution in [0.5, 0.6) is 0 Å². The molecule has 0 unspecified atom stereocenters. The molecule has 0 radical (unpaired) electrons. The number of ether oxygens (including phenoxy) is 1. The van der Waals surface area contributed by atoms with Gasteiger partial charge in [0.2, 0.25) is 0 Å². The van der Waals surface area contributed by atoms with Crippen molar-refractivity contribution < 1.29 is 14.6 Å². The molecule has 0 atom stereocenters. The number of fused-ring (bicyclic) bond motifs is 1. The van der Waals surface area contributed by atoms with Gasteiger partial charge >= 0.3 is 0 Å². The average Bonchev–Trinajstić information content (AvgIpc) is 3.39. The highest BCUT2D eigenvalue weighted by atomic mass is 16.5. The van der Waals surface area contributed by atoms with Gasteiger partial charge in [0.25, 0.3) is 5.91 Å². The zero-order valence-electron chi connectivity index (χ0n) is 26.0. The molecule has 3 aliphatic heterocycles. The first-order valence-corrected chi connectivity index (χ1v) is 16.2. The summed E-state index contributed by atoms with van der Waals surface area (Å²) >= 11 is 0. The second-order valence-corrected chi connectivity index (χ2v) is 13.5. The first-order valence-electron chi connectivity index (χ1n) is 16.2. The smallest absolute Gasteiger partial charge is 0.258 e. The summed E-state index contributed by atoms with van der Waals surface area (Å²) in [4.78, 5) is 18.7. The minimum absolute atomic E-state index is 0.166. The van der Waals surface area contributed by atoms with Crippen LogP contribution in [0, 0.1) is 11.8 Å². The summed E-state index contributed by atoms with van der Waals surface area (Å²) in [5.74, 6) is 1.48. The van der Waals surface area contributed by atoms with Gasteiger partial charge in [-0.25, -0.2) is 0 Å². The summed E-state index contributed by atoms with van der Waals surface area (Å²) in [5, 5.41) is 25.7. The number of amides is 1. The van der Waals surface area contributed by atoms with Crippen molar-refractivity contribution in [2.75, 3.05) is 54.9 Å². The Bertz CT molecular complexity index is 1390. The standard InChI is InChI=1S/C34H48N6O3/c1-23-8-16-40(17-9-23)27-5-6-28(31(21-27)35-26-12-18-43-19-13-26)33(41)36-32-29-20-24(4-7-30(29)37-38-32)22-39-14-10-25(11-15-39)34(2,3)42/h4-7,20-21,23,25-26,35,42H,8-19,22H2,1-3H3,(H2,36,37,38,41). The van der Waals surface area contributed by atoms with E-state index in [0.717, 1.165) is 94.1 Å². The number of hydrogen-bond acceptors (Lipinski definition) is 7. The number of anilines is 3. The van der Waals surface area contributed by atoms with Crippen LogP contribution >= 0.6 is 0 Å². The molecule has 4 N–H and O–H groups in total. The van der Waals surface area contributed by atoms with Gasteiger partial charge in [0.1, 0.15) is 0 Å². The van der Waals surface area contributed by atoms with Crippen LogP contribution in [-0.2, 0) is 11.3 Å². The molecular formula is C34H48N6O3. The maximum Gasteiger partial charge on any atom is 0.258 e. The first-order chi connectivity index (χ1) is 20.7. The molecule has 2 aromatic carbocycles. The fourth-order valence-electron chi connectivity index (χ4n) is 6.86. The van der Waals surface area contributed by atoms with E-state index in [4.69, 9.17) is 4.74 Å². The Hall–Kier alpha value is -3.14. The summed E-state index contributed by atoms with van der Waals surface area (Å²) in [6.07, 6.45) is 6.23. The van der Waals surface area contributed by atoms with Gasteiger partial charge in [0.15, 0.2) is 5.82 Å². The minimum Gasteiger partial charge on any atom is -0.390 e. The van der Waals surface area contributed by atoms with Crippen molar-refractivity contribution in [3.8, 4) is 0 Å². The molecular weight excluding hydrogens is 540 g/mol. The summed E-state index contributed by atoms with van der Waals surface area (Å²) in [6, 6.07) is 12.8. The summed E-state index contributed by atoms with van der Waals surface area (Å²) < 4.78 is 5.58. The number of piperidine rings is 2. The van der Waals surface area contributed by atoms with E-state index in [1.165, 1.54) is 24.1 Å². The SMILES string of the molecule is CC1CCN(c2ccc(C(=O)Nc3n[nH]c4ccc(CN5CCC(C(C)(C)O)CC5)cc34)c(NC3CCOCC3)c2)CC1. The number of likely N-dealkylation sites (tertiary alicyclic amines) is 1. The zero-order valence-corrected chi connectivity index (χ0v) is 26.0. The van der Waals surface area contributed by atoms with Gasteiger partial charge in [-0.05, 0) is 113 Å². The largest absolute Gasteiger partial charge is 0.390 e. The fraction of sp³-hybridized carbons (Fsp3) is 0.588. The molecule has 0 spiro atoms. The fourth-order valence-corrected chi connectivity index (χ4v) is 6.86. The quantitative estimate of drug-likeness (QED) is 0.271. The number of carbonyl (C=O) groups excluding carboxylic acids is 1. The Morgan fingerprint density at radius 1 is 1.02 bits per heavy atom. The van der Waals surface area contributed by atoms with Crippen LogP contribution in [0.4, 0.5) is 17.2 Å². The third-order valence-electron chi connectivity index (χ3n) is 9.83. The Balaban J connectivity index is 1.18. The second kappa shape index (κ2) is 12.8. The Morgan fingerprint density at radius 2 is 1.77 bits per heavy atom. The molecule has 43 heavy (non-hydrogen) atoms. The Kier molecular flexibility index (Phi) is 8.93. The number of aromatic nitrogens is 2. The first kappa shape index (κ1) is 29.9. The maximum atomic E-state index is 13.8. The van der Waals surface area contributed by atoms with Crippen molar-refractivity contribution in [1.82, 2.24) is 15.1 Å². The molecule has 6 rings (SSSR count). The van der Waals surface area contributed by atoms with Gasteiger partial charge in [-0.1, -0.05) is 13.0 Å². The van der Waals surface area contributed by atoms with Crippen molar-refractivity contribution >= 4 is 34.0 Å². The average molecular weight is 589 g/mol. The summed E-state index contributed by atoms with van der Waals surface area (Å²) in [5.41, 5.74) is 4.13. The molecule has 0 saturated carbocycles. The van der Waals surface area contributed by atoms with E-state index in [9.17, 15) is 9.90 Å². The third-order valence-corrected chi connectivity index (χ3v) is 9.83. The molecule has 3 fully saturated rings. The number of carbonyl (C=O) groups is 1. The van der Waals surface area contributed by atoms with Gasteiger partial charge in [-0.3, -0.25) is 14.8 Å². The number of rotatable bonds is 8. The predicted octanol–water partition coefficient (Wildman–Crippen LogP) is 5.63. The van der Waals surface area contributed by atoms with E-state index in [-0.39, 0.29) is 11.9 Å². The monoisotopic (exact) mass is 588 g/mol. The van der Waals surface area contributed by atoms with E-state index in [0.29, 0.717) is 17.3 Å². The van der Waals surface area contributed by atoms with Crippen LogP contribution in [0.15, 0.2) is 36.4 Å². The Morgan fingerprint density at radius 3 is 2.49 bits per heavy atom. The van der Waals surface area contributed by atoms with Gasteiger partial charge in [0, 0.05) is 55.7 Å². The van der Waals surface area contributed by atoms with Crippen molar-refractivity contribution in [2.24, 2.45) is 11.8 Å². The van der Waals surface area contributed by atoms with Crippen LogP contribution in [0.1, 0.15) is 75.2 Å². The van der Waals surface area contributed by atoms with Crippen LogP contribution in [0.3, 0.4) is 0 Å². The molecule has 3 aliphatic rings. The van der Waals surface area contributed by atoms with Crippen LogP contribution in [-0.4, -0.2) is 77.1 Å². The maximum absolute atomic E-state index is 13.8.